The molecule has 1 aromatic rings. The highest BCUT2D eigenvalue weighted by atomic mass is 16.5. The van der Waals surface area contributed by atoms with Gasteiger partial charge in [0.05, 0.1) is 19.3 Å². The number of hydrogen-bond acceptors (Lipinski definition) is 4. The zero-order chi connectivity index (χ0) is 14.6. The topological polar surface area (TPSA) is 54.3 Å². The van der Waals surface area contributed by atoms with Gasteiger partial charge in [0.1, 0.15) is 0 Å². The van der Waals surface area contributed by atoms with Crippen molar-refractivity contribution in [2.24, 2.45) is 0 Å². The molecule has 0 aromatic heterocycles. The van der Waals surface area contributed by atoms with Crippen molar-refractivity contribution >= 4 is 0 Å². The second-order valence-electron chi connectivity index (χ2n) is 4.46. The number of nitrogens with zero attached hydrogens (tertiary/aromatic N) is 1. The van der Waals surface area contributed by atoms with Gasteiger partial charge in [-0.2, -0.15) is 5.26 Å². The van der Waals surface area contributed by atoms with E-state index in [2.05, 4.69) is 18.3 Å². The van der Waals surface area contributed by atoms with Gasteiger partial charge < -0.3 is 14.8 Å². The summed E-state index contributed by atoms with van der Waals surface area (Å²) in [5.74, 6) is 1.58. The van der Waals surface area contributed by atoms with E-state index in [1.165, 1.54) is 0 Å². The van der Waals surface area contributed by atoms with Crippen LogP contribution in [0, 0.1) is 11.3 Å². The van der Waals surface area contributed by atoms with Gasteiger partial charge in [0.2, 0.25) is 0 Å². The summed E-state index contributed by atoms with van der Waals surface area (Å²) in [6, 6.07) is 8.08. The molecule has 0 saturated heterocycles. The highest BCUT2D eigenvalue weighted by Gasteiger charge is 2.10. The maximum absolute atomic E-state index is 8.56. The Bertz CT molecular complexity index is 427. The number of nitriles is 1. The van der Waals surface area contributed by atoms with E-state index in [1.807, 2.05) is 25.1 Å². The molecular weight excluding hydrogens is 252 g/mol. The minimum Gasteiger partial charge on any atom is -0.490 e. The van der Waals surface area contributed by atoms with E-state index in [4.69, 9.17) is 14.7 Å². The molecule has 4 nitrogen and oxygen atoms in total. The van der Waals surface area contributed by atoms with E-state index >= 15 is 0 Å². The maximum atomic E-state index is 8.56. The molecule has 0 aliphatic carbocycles. The van der Waals surface area contributed by atoms with Crippen LogP contribution in [0.25, 0.3) is 0 Å². The predicted molar refractivity (Wildman–Crippen MR) is 80.0 cm³/mol. The number of rotatable bonds is 10. The van der Waals surface area contributed by atoms with Gasteiger partial charge in [-0.1, -0.05) is 19.1 Å². The van der Waals surface area contributed by atoms with Crippen molar-refractivity contribution in [1.82, 2.24) is 5.32 Å². The average Bonchev–Trinajstić information content (AvgIpc) is 2.46. The summed E-state index contributed by atoms with van der Waals surface area (Å²) in [5.41, 5.74) is 1.10. The second-order valence-corrected chi connectivity index (χ2v) is 4.46. The zero-order valence-corrected chi connectivity index (χ0v) is 12.4. The first-order chi connectivity index (χ1) is 9.83. The molecule has 0 aliphatic heterocycles. The molecular formula is C16H24N2O2. The lowest BCUT2D eigenvalue weighted by Crippen LogP contribution is -2.15. The molecule has 1 aromatic carbocycles. The fourth-order valence-electron chi connectivity index (χ4n) is 1.86. The Morgan fingerprint density at radius 3 is 2.80 bits per heavy atom. The van der Waals surface area contributed by atoms with E-state index in [0.29, 0.717) is 19.6 Å². The summed E-state index contributed by atoms with van der Waals surface area (Å²) >= 11 is 0. The molecule has 20 heavy (non-hydrogen) atoms. The van der Waals surface area contributed by atoms with Crippen molar-refractivity contribution < 1.29 is 9.47 Å². The number of hydrogen-bond donors (Lipinski definition) is 1. The van der Waals surface area contributed by atoms with Crippen LogP contribution in [0.1, 0.15) is 38.7 Å². The van der Waals surface area contributed by atoms with Crippen molar-refractivity contribution in [3.8, 4) is 17.6 Å². The summed E-state index contributed by atoms with van der Waals surface area (Å²) in [7, 11) is 0. The van der Waals surface area contributed by atoms with Crippen molar-refractivity contribution in [1.29, 1.82) is 5.26 Å². The van der Waals surface area contributed by atoms with Crippen LogP contribution < -0.4 is 14.8 Å². The van der Waals surface area contributed by atoms with Gasteiger partial charge in [-0.3, -0.25) is 0 Å². The van der Waals surface area contributed by atoms with Gasteiger partial charge in [0.25, 0.3) is 0 Å². The molecule has 0 amide bonds. The molecule has 0 unspecified atom stereocenters. The SMILES string of the molecule is CCCNCc1cccc(OCC)c1OCCCC#N. The van der Waals surface area contributed by atoms with Crippen molar-refractivity contribution in [2.75, 3.05) is 19.8 Å². The van der Waals surface area contributed by atoms with Crippen LogP contribution in [0.4, 0.5) is 0 Å². The third-order valence-electron chi connectivity index (χ3n) is 2.78. The molecule has 1 N–H and O–H groups in total. The fourth-order valence-corrected chi connectivity index (χ4v) is 1.86. The molecule has 110 valence electrons. The lowest BCUT2D eigenvalue weighted by Gasteiger charge is -2.16. The molecule has 4 heteroatoms. The summed E-state index contributed by atoms with van der Waals surface area (Å²) in [4.78, 5) is 0. The zero-order valence-electron chi connectivity index (χ0n) is 12.4. The lowest BCUT2D eigenvalue weighted by atomic mass is 10.1. The quantitative estimate of drug-likeness (QED) is 0.666. The summed E-state index contributed by atoms with van der Waals surface area (Å²) in [5, 5.41) is 11.9. The summed E-state index contributed by atoms with van der Waals surface area (Å²) in [6.45, 7) is 7.00. The Labute approximate surface area is 121 Å². The van der Waals surface area contributed by atoms with E-state index in [-0.39, 0.29) is 0 Å². The van der Waals surface area contributed by atoms with Crippen LogP contribution in [-0.4, -0.2) is 19.8 Å². The molecule has 0 fully saturated rings. The first kappa shape index (κ1) is 16.3. The Balaban J connectivity index is 2.74. The average molecular weight is 276 g/mol. The smallest absolute Gasteiger partial charge is 0.165 e. The highest BCUT2D eigenvalue weighted by molar-refractivity contribution is 5.46. The van der Waals surface area contributed by atoms with Crippen molar-refractivity contribution in [3.05, 3.63) is 23.8 Å². The van der Waals surface area contributed by atoms with E-state index in [1.54, 1.807) is 0 Å². The Morgan fingerprint density at radius 2 is 2.10 bits per heavy atom. The molecule has 0 radical (unpaired) electrons. The minimum absolute atomic E-state index is 0.514. The molecule has 0 bridgehead atoms. The van der Waals surface area contributed by atoms with Gasteiger partial charge in [0, 0.05) is 18.5 Å². The van der Waals surface area contributed by atoms with Gasteiger partial charge >= 0.3 is 0 Å². The van der Waals surface area contributed by atoms with E-state index in [0.717, 1.165) is 43.0 Å². The van der Waals surface area contributed by atoms with Crippen LogP contribution in [-0.2, 0) is 6.54 Å². The monoisotopic (exact) mass is 276 g/mol. The largest absolute Gasteiger partial charge is 0.490 e. The van der Waals surface area contributed by atoms with Crippen LogP contribution in [0.2, 0.25) is 0 Å². The van der Waals surface area contributed by atoms with Crippen LogP contribution >= 0.6 is 0 Å². The molecule has 0 saturated carbocycles. The van der Waals surface area contributed by atoms with Gasteiger partial charge in [-0.25, -0.2) is 0 Å². The van der Waals surface area contributed by atoms with Crippen LogP contribution in [0.5, 0.6) is 11.5 Å². The minimum atomic E-state index is 0.514. The van der Waals surface area contributed by atoms with Crippen LogP contribution in [0.3, 0.4) is 0 Å². The van der Waals surface area contributed by atoms with Crippen molar-refractivity contribution in [3.63, 3.8) is 0 Å². The Kier molecular flexibility index (Phi) is 8.25. The summed E-state index contributed by atoms with van der Waals surface area (Å²) in [6.07, 6.45) is 2.35. The number of ether oxygens (including phenoxy) is 2. The van der Waals surface area contributed by atoms with Crippen molar-refractivity contribution in [2.45, 2.75) is 39.7 Å². The van der Waals surface area contributed by atoms with Gasteiger partial charge in [-0.15, -0.1) is 0 Å². The standard InChI is InChI=1S/C16H24N2O2/c1-3-11-18-13-14-8-7-9-15(19-4-2)16(14)20-12-6-5-10-17/h7-9,18H,3-6,11-13H2,1-2H3. The molecule has 0 heterocycles. The normalized spacial score (nSPS) is 10.1. The Morgan fingerprint density at radius 1 is 1.25 bits per heavy atom. The highest BCUT2D eigenvalue weighted by Crippen LogP contribution is 2.31. The fraction of sp³-hybridized carbons (Fsp3) is 0.562. The third kappa shape index (κ3) is 5.50. The third-order valence-corrected chi connectivity index (χ3v) is 2.78. The first-order valence-corrected chi connectivity index (χ1v) is 7.28. The molecule has 0 aliphatic rings. The second kappa shape index (κ2) is 10.1. The number of unbranched alkanes of at least 4 members (excludes halogenated alkanes) is 1. The van der Waals surface area contributed by atoms with E-state index < -0.39 is 0 Å². The molecule has 0 atom stereocenters. The van der Waals surface area contributed by atoms with Gasteiger partial charge in [-0.05, 0) is 32.4 Å². The maximum Gasteiger partial charge on any atom is 0.165 e. The number of benzene rings is 1. The first-order valence-electron chi connectivity index (χ1n) is 7.28. The van der Waals surface area contributed by atoms with E-state index in [9.17, 15) is 0 Å². The lowest BCUT2D eigenvalue weighted by molar-refractivity contribution is 0.271. The Hall–Kier alpha value is -1.73. The molecule has 1 rings (SSSR count). The van der Waals surface area contributed by atoms with Crippen LogP contribution in [0.15, 0.2) is 18.2 Å². The number of nitrogens with one attached hydrogen (secondary N) is 1. The molecule has 0 spiro atoms. The number of para-hydroxylation sites is 1. The summed E-state index contributed by atoms with van der Waals surface area (Å²) < 4.78 is 11.5. The predicted octanol–water partition coefficient (Wildman–Crippen LogP) is 3.27. The van der Waals surface area contributed by atoms with Gasteiger partial charge in [0.15, 0.2) is 11.5 Å².